The van der Waals surface area contributed by atoms with Crippen LogP contribution in [0.25, 0.3) is 28.0 Å². The zero-order valence-corrected chi connectivity index (χ0v) is 19.8. The number of para-hydroxylation sites is 1. The van der Waals surface area contributed by atoms with Gasteiger partial charge >= 0.3 is 5.97 Å². The van der Waals surface area contributed by atoms with Gasteiger partial charge in [0.05, 0.1) is 54.3 Å². The van der Waals surface area contributed by atoms with Crippen molar-refractivity contribution in [2.45, 2.75) is 45.0 Å². The molecule has 0 radical (unpaired) electrons. The lowest BCUT2D eigenvalue weighted by Crippen LogP contribution is -2.35. The fourth-order valence-corrected chi connectivity index (χ4v) is 3.92. The van der Waals surface area contributed by atoms with Crippen LogP contribution in [0.3, 0.4) is 0 Å². The van der Waals surface area contributed by atoms with Crippen molar-refractivity contribution < 1.29 is 19.0 Å². The first-order chi connectivity index (χ1) is 16.4. The molecular weight excluding hydrogens is 432 g/mol. The van der Waals surface area contributed by atoms with E-state index >= 15 is 0 Å². The van der Waals surface area contributed by atoms with E-state index in [1.165, 1.54) is 7.11 Å². The number of aryl methyl sites for hydroxylation is 1. The fraction of sp³-hybridized carbons (Fsp3) is 0.346. The van der Waals surface area contributed by atoms with Crippen molar-refractivity contribution in [1.82, 2.24) is 19.3 Å². The Kier molecular flexibility index (Phi) is 5.61. The Morgan fingerprint density at radius 1 is 1.15 bits per heavy atom. The summed E-state index contributed by atoms with van der Waals surface area (Å²) in [5.74, 6) is 0.410. The largest absolute Gasteiger partial charge is 0.490 e. The predicted octanol–water partition coefficient (Wildman–Crippen LogP) is 4.44. The molecule has 0 N–H and O–H groups in total. The molecule has 8 heteroatoms. The molecule has 0 spiro atoms. The first kappa shape index (κ1) is 22.2. The lowest BCUT2D eigenvalue weighted by molar-refractivity contribution is -0.166. The minimum atomic E-state index is -1.08. The molecule has 2 heterocycles. The van der Waals surface area contributed by atoms with Crippen molar-refractivity contribution >= 4 is 17.0 Å². The van der Waals surface area contributed by atoms with Gasteiger partial charge in [-0.15, -0.1) is 0 Å². The normalized spacial score (nSPS) is 13.9. The van der Waals surface area contributed by atoms with Crippen molar-refractivity contribution in [2.24, 2.45) is 7.05 Å². The van der Waals surface area contributed by atoms with Crippen molar-refractivity contribution in [2.75, 3.05) is 7.11 Å². The average molecular weight is 461 g/mol. The number of ether oxygens (including phenoxy) is 3. The van der Waals surface area contributed by atoms with E-state index in [0.29, 0.717) is 11.8 Å². The fourth-order valence-electron chi connectivity index (χ4n) is 3.92. The van der Waals surface area contributed by atoms with Crippen molar-refractivity contribution in [3.8, 4) is 22.7 Å². The molecule has 0 amide bonds. The molecule has 4 aromatic rings. The summed E-state index contributed by atoms with van der Waals surface area (Å²) in [6.45, 7) is 3.53. The van der Waals surface area contributed by atoms with Crippen LogP contribution in [0, 0.1) is 0 Å². The third-order valence-electron chi connectivity index (χ3n) is 5.92. The number of rotatable bonds is 8. The second-order valence-corrected chi connectivity index (χ2v) is 9.07. The van der Waals surface area contributed by atoms with Crippen LogP contribution in [-0.4, -0.2) is 44.1 Å². The summed E-state index contributed by atoms with van der Waals surface area (Å²) in [5, 5.41) is 4.88. The van der Waals surface area contributed by atoms with Crippen LogP contribution in [-0.2, 0) is 27.9 Å². The molecule has 0 unspecified atom stereocenters. The Balaban J connectivity index is 1.58. The Hall–Kier alpha value is -3.65. The summed E-state index contributed by atoms with van der Waals surface area (Å²) in [5.41, 5.74) is 4.24. The first-order valence-electron chi connectivity index (χ1n) is 11.3. The molecule has 0 atom stereocenters. The number of methoxy groups -OCH3 is 1. The first-order valence-corrected chi connectivity index (χ1v) is 11.3. The molecule has 5 rings (SSSR count). The number of carbonyl (C=O) groups excluding carboxylic acids is 1. The molecule has 2 aromatic heterocycles. The number of fused-ring (bicyclic) bond motifs is 1. The molecule has 1 saturated carbocycles. The maximum Gasteiger partial charge on any atom is 0.337 e. The van der Waals surface area contributed by atoms with Gasteiger partial charge in [-0.2, -0.15) is 5.10 Å². The molecule has 2 aromatic carbocycles. The summed E-state index contributed by atoms with van der Waals surface area (Å²) in [7, 11) is 3.32. The highest BCUT2D eigenvalue weighted by molar-refractivity contribution is 5.85. The lowest BCUT2D eigenvalue weighted by Gasteiger charge is -2.21. The van der Waals surface area contributed by atoms with Crippen LogP contribution in [0.5, 0.6) is 5.75 Å². The lowest BCUT2D eigenvalue weighted by atomic mass is 10.1. The van der Waals surface area contributed by atoms with E-state index in [2.05, 4.69) is 4.98 Å². The zero-order chi connectivity index (χ0) is 23.9. The molecule has 0 aliphatic heterocycles. The second kappa shape index (κ2) is 8.61. The van der Waals surface area contributed by atoms with Crippen LogP contribution in [0.2, 0.25) is 0 Å². The minimum Gasteiger partial charge on any atom is -0.490 e. The zero-order valence-electron chi connectivity index (χ0n) is 19.8. The van der Waals surface area contributed by atoms with Gasteiger partial charge < -0.3 is 18.8 Å². The molecule has 0 bridgehead atoms. The quantitative estimate of drug-likeness (QED) is 0.362. The smallest absolute Gasteiger partial charge is 0.337 e. The molecule has 8 nitrogen and oxygen atoms in total. The third kappa shape index (κ3) is 4.28. The van der Waals surface area contributed by atoms with Gasteiger partial charge in [0.2, 0.25) is 0 Å². The van der Waals surface area contributed by atoms with E-state index in [9.17, 15) is 4.79 Å². The van der Waals surface area contributed by atoms with Crippen LogP contribution in [0.15, 0.2) is 54.9 Å². The summed E-state index contributed by atoms with van der Waals surface area (Å²) in [4.78, 5) is 16.5. The van der Waals surface area contributed by atoms with Crippen molar-refractivity contribution in [3.63, 3.8) is 0 Å². The number of nitrogens with zero attached hydrogens (tertiary/aromatic N) is 4. The maximum atomic E-state index is 12.1. The number of benzene rings is 2. The van der Waals surface area contributed by atoms with Gasteiger partial charge in [0.1, 0.15) is 5.75 Å². The molecule has 1 aliphatic carbocycles. The van der Waals surface area contributed by atoms with E-state index in [0.717, 1.165) is 46.6 Å². The van der Waals surface area contributed by atoms with Gasteiger partial charge in [0.15, 0.2) is 5.60 Å². The van der Waals surface area contributed by atoms with Crippen LogP contribution in [0.1, 0.15) is 32.4 Å². The highest BCUT2D eigenvalue weighted by Crippen LogP contribution is 2.33. The Labute approximate surface area is 198 Å². The van der Waals surface area contributed by atoms with Crippen LogP contribution in [0.4, 0.5) is 0 Å². The number of aromatic nitrogens is 4. The standard InChI is InChI=1S/C26H28N4O4/c1-26(2,25(31)32-4)33-15-18-14-23(17-7-5-8-20(13-17)34-19-11-12-19)30(28-18)22-10-6-9-21-24(22)29(3)16-27-21/h5-10,13-14,16,19H,11-12,15H2,1-4H3. The Morgan fingerprint density at radius 3 is 2.71 bits per heavy atom. The topological polar surface area (TPSA) is 80.4 Å². The maximum absolute atomic E-state index is 12.1. The van der Waals surface area contributed by atoms with E-state index in [4.69, 9.17) is 19.3 Å². The number of hydrogen-bond donors (Lipinski definition) is 0. The third-order valence-corrected chi connectivity index (χ3v) is 5.92. The van der Waals surface area contributed by atoms with Gasteiger partial charge in [-0.1, -0.05) is 18.2 Å². The van der Waals surface area contributed by atoms with E-state index < -0.39 is 11.6 Å². The Bertz CT molecular complexity index is 1350. The summed E-state index contributed by atoms with van der Waals surface area (Å²) in [6.07, 6.45) is 4.31. The van der Waals surface area contributed by atoms with Gasteiger partial charge in [0.25, 0.3) is 0 Å². The number of esters is 1. The number of imidazole rings is 1. The van der Waals surface area contributed by atoms with Crippen LogP contribution < -0.4 is 4.74 Å². The summed E-state index contributed by atoms with van der Waals surface area (Å²) >= 11 is 0. The van der Waals surface area contributed by atoms with Crippen molar-refractivity contribution in [3.05, 3.63) is 60.6 Å². The van der Waals surface area contributed by atoms with E-state index in [1.807, 2.05) is 64.8 Å². The SMILES string of the molecule is COC(=O)C(C)(C)OCc1cc(-c2cccc(OC3CC3)c2)n(-c2cccc3ncn(C)c23)n1. The Morgan fingerprint density at radius 2 is 1.94 bits per heavy atom. The highest BCUT2D eigenvalue weighted by atomic mass is 16.6. The highest BCUT2D eigenvalue weighted by Gasteiger charge is 2.30. The van der Waals surface area contributed by atoms with Gasteiger partial charge in [-0.3, -0.25) is 0 Å². The molecule has 176 valence electrons. The molecule has 1 aliphatic rings. The van der Waals surface area contributed by atoms with E-state index in [-0.39, 0.29) is 6.61 Å². The predicted molar refractivity (Wildman–Crippen MR) is 128 cm³/mol. The molecule has 1 fully saturated rings. The molecule has 34 heavy (non-hydrogen) atoms. The minimum absolute atomic E-state index is 0.154. The summed E-state index contributed by atoms with van der Waals surface area (Å²) < 4.78 is 20.7. The van der Waals surface area contributed by atoms with Gasteiger partial charge in [-0.05, 0) is 57.0 Å². The molecule has 0 saturated heterocycles. The summed E-state index contributed by atoms with van der Waals surface area (Å²) in [6, 6.07) is 16.0. The monoisotopic (exact) mass is 460 g/mol. The number of hydrogen-bond acceptors (Lipinski definition) is 6. The average Bonchev–Trinajstić information content (AvgIpc) is 3.41. The second-order valence-electron chi connectivity index (χ2n) is 9.07. The van der Waals surface area contributed by atoms with E-state index in [1.54, 1.807) is 20.2 Å². The molecular formula is C26H28N4O4. The van der Waals surface area contributed by atoms with Gasteiger partial charge in [0, 0.05) is 12.6 Å². The number of carbonyl (C=O) groups is 1. The van der Waals surface area contributed by atoms with Gasteiger partial charge in [-0.25, -0.2) is 14.5 Å². The van der Waals surface area contributed by atoms with Crippen molar-refractivity contribution in [1.29, 1.82) is 0 Å². The van der Waals surface area contributed by atoms with Crippen LogP contribution >= 0.6 is 0 Å².